The fraction of sp³-hybridized carbons (Fsp3) is 0. The van der Waals surface area contributed by atoms with Crippen LogP contribution in [0.1, 0.15) is 0 Å². The van der Waals surface area contributed by atoms with Crippen molar-refractivity contribution < 1.29 is 0 Å². The van der Waals surface area contributed by atoms with Crippen molar-refractivity contribution in [2.24, 2.45) is 0 Å². The van der Waals surface area contributed by atoms with E-state index in [-0.39, 0.29) is 0 Å². The molecule has 0 aliphatic carbocycles. The fourth-order valence-corrected chi connectivity index (χ4v) is 1.06. The zero-order valence-corrected chi connectivity index (χ0v) is 6.65. The first kappa shape index (κ1) is 7.67. The number of H-pyrrole nitrogens is 1. The van der Waals surface area contributed by atoms with E-state index in [1.165, 1.54) is 0 Å². The zero-order chi connectivity index (χ0) is 9.26. The first-order valence-corrected chi connectivity index (χ1v) is 3.76. The van der Waals surface area contributed by atoms with Crippen LogP contribution in [-0.2, 0) is 0 Å². The largest absolute Gasteiger partial charge is 0.317 e. The number of hydrogen-bond acceptors (Lipinski definition) is 3. The number of nitrogens with zero attached hydrogens (tertiary/aromatic N) is 1. The number of fused-ring (bicyclic) bond motifs is 1. The summed E-state index contributed by atoms with van der Waals surface area (Å²) < 4.78 is 0. The smallest absolute Gasteiger partial charge is 0.297 e. The van der Waals surface area contributed by atoms with Gasteiger partial charge in [0.15, 0.2) is 0 Å². The van der Waals surface area contributed by atoms with Crippen molar-refractivity contribution in [2.75, 3.05) is 0 Å². The topological polar surface area (TPSA) is 62.8 Å². The lowest BCUT2D eigenvalue weighted by Crippen LogP contribution is -2.22. The summed E-state index contributed by atoms with van der Waals surface area (Å²) >= 11 is 0. The summed E-state index contributed by atoms with van der Waals surface area (Å²) in [4.78, 5) is 28.3. The van der Waals surface area contributed by atoms with Gasteiger partial charge in [0.05, 0.1) is 17.2 Å². The molecule has 1 aromatic carbocycles. The molecular formula is C9H6N2O2. The van der Waals surface area contributed by atoms with Gasteiger partial charge in [0.2, 0.25) is 0 Å². The third-order valence-electron chi connectivity index (χ3n) is 1.70. The molecule has 0 atom stereocenters. The first-order valence-electron chi connectivity index (χ1n) is 3.76. The standard InChI is InChI=1S/C9H6N2O2/c12-8-5-10-6-3-1-2-4-7(6)11-9(8)13/h1-5H,(H,11,12,13). The fourth-order valence-electron chi connectivity index (χ4n) is 1.06. The highest BCUT2D eigenvalue weighted by molar-refractivity contribution is 5.72. The third kappa shape index (κ3) is 1.33. The lowest BCUT2D eigenvalue weighted by atomic mass is 10.3. The van der Waals surface area contributed by atoms with Gasteiger partial charge in [-0.15, -0.1) is 0 Å². The van der Waals surface area contributed by atoms with Gasteiger partial charge in [-0.25, -0.2) is 0 Å². The van der Waals surface area contributed by atoms with Crippen LogP contribution in [0.4, 0.5) is 0 Å². The van der Waals surface area contributed by atoms with Gasteiger partial charge in [0.25, 0.3) is 11.0 Å². The molecule has 0 aliphatic rings. The zero-order valence-electron chi connectivity index (χ0n) is 6.65. The SMILES string of the molecule is O=c1cnc2ccccc2[nH]c1=O. The Kier molecular flexibility index (Phi) is 1.66. The Morgan fingerprint density at radius 3 is 2.77 bits per heavy atom. The van der Waals surface area contributed by atoms with E-state index < -0.39 is 11.0 Å². The Balaban J connectivity index is 3.06. The molecule has 1 aromatic heterocycles. The van der Waals surface area contributed by atoms with E-state index in [0.717, 1.165) is 6.20 Å². The van der Waals surface area contributed by atoms with Crippen molar-refractivity contribution in [3.05, 3.63) is 51.0 Å². The van der Waals surface area contributed by atoms with Gasteiger partial charge >= 0.3 is 0 Å². The predicted molar refractivity (Wildman–Crippen MR) is 48.6 cm³/mol. The number of nitrogens with one attached hydrogen (secondary N) is 1. The second-order valence-corrected chi connectivity index (χ2v) is 2.59. The molecule has 0 spiro atoms. The van der Waals surface area contributed by atoms with Gasteiger partial charge in [-0.3, -0.25) is 14.6 Å². The second kappa shape index (κ2) is 2.82. The Labute approximate surface area is 72.9 Å². The van der Waals surface area contributed by atoms with Crippen LogP contribution in [0.15, 0.2) is 40.1 Å². The highest BCUT2D eigenvalue weighted by atomic mass is 16.2. The highest BCUT2D eigenvalue weighted by Gasteiger charge is 1.93. The maximum absolute atomic E-state index is 11.0. The minimum atomic E-state index is -0.645. The van der Waals surface area contributed by atoms with Gasteiger partial charge in [0.1, 0.15) is 0 Å². The summed E-state index contributed by atoms with van der Waals surface area (Å²) in [5, 5.41) is 0. The number of rotatable bonds is 0. The van der Waals surface area contributed by atoms with E-state index in [0.29, 0.717) is 11.0 Å². The normalized spacial score (nSPS) is 10.2. The monoisotopic (exact) mass is 174 g/mol. The molecule has 64 valence electrons. The van der Waals surface area contributed by atoms with E-state index in [9.17, 15) is 9.59 Å². The van der Waals surface area contributed by atoms with Gasteiger partial charge in [-0.2, -0.15) is 0 Å². The predicted octanol–water partition coefficient (Wildman–Crippen LogP) is 0.283. The van der Waals surface area contributed by atoms with E-state index in [4.69, 9.17) is 0 Å². The molecule has 0 radical (unpaired) electrons. The number of hydrogen-bond donors (Lipinski definition) is 1. The Morgan fingerprint density at radius 1 is 1.15 bits per heavy atom. The van der Waals surface area contributed by atoms with Gasteiger partial charge in [-0.1, -0.05) is 12.1 Å². The quantitative estimate of drug-likeness (QED) is 0.583. The molecule has 0 bridgehead atoms. The van der Waals surface area contributed by atoms with E-state index in [2.05, 4.69) is 9.97 Å². The van der Waals surface area contributed by atoms with Crippen LogP contribution in [0, 0.1) is 0 Å². The van der Waals surface area contributed by atoms with Crippen LogP contribution < -0.4 is 11.0 Å². The molecule has 0 unspecified atom stereocenters. The summed E-state index contributed by atoms with van der Waals surface area (Å²) in [7, 11) is 0. The molecule has 2 rings (SSSR count). The van der Waals surface area contributed by atoms with E-state index >= 15 is 0 Å². The molecule has 0 saturated carbocycles. The molecule has 0 aliphatic heterocycles. The first-order chi connectivity index (χ1) is 6.27. The molecular weight excluding hydrogens is 168 g/mol. The van der Waals surface area contributed by atoms with Crippen LogP contribution in [0.2, 0.25) is 0 Å². The third-order valence-corrected chi connectivity index (χ3v) is 1.70. The molecule has 1 heterocycles. The molecule has 0 saturated heterocycles. The molecule has 4 heteroatoms. The van der Waals surface area contributed by atoms with Crippen molar-refractivity contribution in [3.63, 3.8) is 0 Å². The summed E-state index contributed by atoms with van der Waals surface area (Å²) in [6, 6.07) is 6.98. The molecule has 0 fully saturated rings. The van der Waals surface area contributed by atoms with Crippen LogP contribution in [0.3, 0.4) is 0 Å². The summed E-state index contributed by atoms with van der Waals surface area (Å²) in [6.45, 7) is 0. The molecule has 2 aromatic rings. The summed E-state index contributed by atoms with van der Waals surface area (Å²) in [5.41, 5.74) is -0.110. The van der Waals surface area contributed by atoms with Crippen molar-refractivity contribution in [1.29, 1.82) is 0 Å². The van der Waals surface area contributed by atoms with Crippen LogP contribution in [0.25, 0.3) is 11.0 Å². The number of para-hydroxylation sites is 2. The average Bonchev–Trinajstić information content (AvgIpc) is 2.28. The number of aromatic nitrogens is 2. The maximum Gasteiger partial charge on any atom is 0.297 e. The van der Waals surface area contributed by atoms with Crippen molar-refractivity contribution >= 4 is 11.0 Å². The van der Waals surface area contributed by atoms with Crippen molar-refractivity contribution in [3.8, 4) is 0 Å². The van der Waals surface area contributed by atoms with Crippen LogP contribution in [0.5, 0.6) is 0 Å². The molecule has 0 amide bonds. The van der Waals surface area contributed by atoms with Crippen LogP contribution >= 0.6 is 0 Å². The number of aromatic amines is 1. The lowest BCUT2D eigenvalue weighted by molar-refractivity contribution is 1.28. The van der Waals surface area contributed by atoms with E-state index in [1.807, 2.05) is 0 Å². The van der Waals surface area contributed by atoms with Gasteiger partial charge in [-0.05, 0) is 12.1 Å². The second-order valence-electron chi connectivity index (χ2n) is 2.59. The minimum absolute atomic E-state index is 0.564. The minimum Gasteiger partial charge on any atom is -0.317 e. The van der Waals surface area contributed by atoms with E-state index in [1.54, 1.807) is 24.3 Å². The Bertz CT molecular complexity index is 560. The van der Waals surface area contributed by atoms with Gasteiger partial charge in [0, 0.05) is 0 Å². The maximum atomic E-state index is 11.0. The van der Waals surface area contributed by atoms with Crippen LogP contribution in [-0.4, -0.2) is 9.97 Å². The summed E-state index contributed by atoms with van der Waals surface area (Å²) in [5.74, 6) is 0. The highest BCUT2D eigenvalue weighted by Crippen LogP contribution is 2.02. The molecule has 13 heavy (non-hydrogen) atoms. The summed E-state index contributed by atoms with van der Waals surface area (Å²) in [6.07, 6.45) is 1.03. The molecule has 4 nitrogen and oxygen atoms in total. The number of benzene rings is 1. The molecule has 1 N–H and O–H groups in total. The van der Waals surface area contributed by atoms with Gasteiger partial charge < -0.3 is 4.98 Å². The average molecular weight is 174 g/mol. The lowest BCUT2D eigenvalue weighted by Gasteiger charge is -1.86. The Hall–Kier alpha value is -1.97. The van der Waals surface area contributed by atoms with Crippen molar-refractivity contribution in [2.45, 2.75) is 0 Å². The Morgan fingerprint density at radius 2 is 1.92 bits per heavy atom. The van der Waals surface area contributed by atoms with Crippen molar-refractivity contribution in [1.82, 2.24) is 9.97 Å².